The van der Waals surface area contributed by atoms with E-state index in [1.54, 1.807) is 18.4 Å². The van der Waals surface area contributed by atoms with E-state index < -0.39 is 0 Å². The lowest BCUT2D eigenvalue weighted by Gasteiger charge is -2.19. The third kappa shape index (κ3) is 4.42. The molecule has 4 rings (SSSR count). The van der Waals surface area contributed by atoms with Crippen molar-refractivity contribution in [2.24, 2.45) is 0 Å². The van der Waals surface area contributed by atoms with Crippen molar-refractivity contribution in [2.45, 2.75) is 40.0 Å². The van der Waals surface area contributed by atoms with Gasteiger partial charge >= 0.3 is 0 Å². The molecule has 0 unspecified atom stereocenters. The van der Waals surface area contributed by atoms with Crippen LogP contribution in [-0.2, 0) is 0 Å². The van der Waals surface area contributed by atoms with Gasteiger partial charge in [0.05, 0.1) is 18.4 Å². The average molecular weight is 437 g/mol. The van der Waals surface area contributed by atoms with Crippen molar-refractivity contribution in [1.29, 1.82) is 0 Å². The largest absolute Gasteiger partial charge is 0.496 e. The molecule has 1 N–H and O–H groups in total. The van der Waals surface area contributed by atoms with Crippen molar-refractivity contribution in [3.63, 3.8) is 0 Å². The molecule has 0 bridgehead atoms. The van der Waals surface area contributed by atoms with Crippen LogP contribution in [0, 0.1) is 27.7 Å². The number of carbonyl (C=O) groups excluding carboxylic acids is 1. The van der Waals surface area contributed by atoms with Gasteiger partial charge in [-0.15, -0.1) is 11.3 Å². The number of para-hydroxylation sites is 1. The maximum atomic E-state index is 13.2. The number of aromatic nitrogens is 2. The first-order chi connectivity index (χ1) is 14.9. The van der Waals surface area contributed by atoms with Crippen molar-refractivity contribution >= 4 is 28.1 Å². The number of pyridine rings is 1. The van der Waals surface area contributed by atoms with Gasteiger partial charge in [-0.1, -0.05) is 12.1 Å². The number of likely N-dealkylation sites (tertiary alicyclic amines) is 1. The molecule has 6 nitrogen and oxygen atoms in total. The van der Waals surface area contributed by atoms with Crippen LogP contribution in [-0.4, -0.2) is 41.0 Å². The second-order valence-electron chi connectivity index (χ2n) is 8.10. The minimum Gasteiger partial charge on any atom is -0.496 e. The number of ether oxygens (including phenoxy) is 1. The summed E-state index contributed by atoms with van der Waals surface area (Å²) >= 11 is 1.65. The topological polar surface area (TPSA) is 67.3 Å². The van der Waals surface area contributed by atoms with Gasteiger partial charge in [-0.2, -0.15) is 0 Å². The van der Waals surface area contributed by atoms with Gasteiger partial charge in [0, 0.05) is 41.0 Å². The van der Waals surface area contributed by atoms with Crippen LogP contribution in [0.4, 0.5) is 10.8 Å². The van der Waals surface area contributed by atoms with E-state index in [1.165, 1.54) is 4.88 Å². The predicted molar refractivity (Wildman–Crippen MR) is 125 cm³/mol. The Labute approximate surface area is 187 Å². The molecule has 1 fully saturated rings. The minimum absolute atomic E-state index is 0.0165. The second-order valence-corrected chi connectivity index (χ2v) is 9.30. The molecular formula is C24H28N4O2S. The van der Waals surface area contributed by atoms with Gasteiger partial charge in [-0.3, -0.25) is 9.78 Å². The summed E-state index contributed by atoms with van der Waals surface area (Å²) in [4.78, 5) is 25.6. The van der Waals surface area contributed by atoms with Gasteiger partial charge in [0.1, 0.15) is 5.75 Å². The number of rotatable bonds is 5. The van der Waals surface area contributed by atoms with E-state index in [0.717, 1.165) is 39.9 Å². The number of methoxy groups -OCH3 is 1. The smallest absolute Gasteiger partial charge is 0.257 e. The predicted octanol–water partition coefficient (Wildman–Crippen LogP) is 5.15. The molecule has 0 spiro atoms. The van der Waals surface area contributed by atoms with Crippen LogP contribution in [0.3, 0.4) is 0 Å². The summed E-state index contributed by atoms with van der Waals surface area (Å²) in [6.45, 7) is 9.43. The molecule has 3 heterocycles. The maximum absolute atomic E-state index is 13.2. The highest BCUT2D eigenvalue weighted by Gasteiger charge is 2.30. The normalized spacial score (nSPS) is 15.9. The van der Waals surface area contributed by atoms with E-state index in [4.69, 9.17) is 9.72 Å². The fourth-order valence-electron chi connectivity index (χ4n) is 4.07. The summed E-state index contributed by atoms with van der Waals surface area (Å²) in [5.41, 5.74) is 5.59. The Kier molecular flexibility index (Phi) is 5.96. The zero-order valence-corrected chi connectivity index (χ0v) is 19.5. The Bertz CT molecular complexity index is 1110. The fourth-order valence-corrected chi connectivity index (χ4v) is 4.91. The molecule has 1 atom stereocenters. The zero-order valence-electron chi connectivity index (χ0n) is 18.7. The van der Waals surface area contributed by atoms with Gasteiger partial charge < -0.3 is 15.0 Å². The van der Waals surface area contributed by atoms with Gasteiger partial charge in [0.25, 0.3) is 5.91 Å². The van der Waals surface area contributed by atoms with Gasteiger partial charge in [0.15, 0.2) is 5.13 Å². The summed E-state index contributed by atoms with van der Waals surface area (Å²) < 4.78 is 5.49. The standard InChI is InChI=1S/C24H28N4O2S/c1-14-7-6-8-20(22(14)30-5)23(29)28-10-9-18(13-28)21-12-19(11-15(2)25-21)27-24-26-16(3)17(4)31-24/h6-8,11-12,18H,9-10,13H2,1-5H3,(H,25,26,27)/t18-/m0/s1. The summed E-state index contributed by atoms with van der Waals surface area (Å²) in [7, 11) is 1.61. The van der Waals surface area contributed by atoms with Crippen LogP contribution < -0.4 is 10.1 Å². The Morgan fingerprint density at radius 2 is 2.00 bits per heavy atom. The van der Waals surface area contributed by atoms with Crippen molar-refractivity contribution in [3.8, 4) is 5.75 Å². The lowest BCUT2D eigenvalue weighted by molar-refractivity contribution is 0.0787. The molecule has 1 amide bonds. The molecule has 2 aromatic heterocycles. The van der Waals surface area contributed by atoms with E-state index in [9.17, 15) is 4.79 Å². The first kappa shape index (κ1) is 21.3. The number of hydrogen-bond donors (Lipinski definition) is 1. The van der Waals surface area contributed by atoms with Gasteiger partial charge in [-0.05, 0) is 57.9 Å². The SMILES string of the molecule is COc1c(C)cccc1C(=O)N1CC[C@H](c2cc(Nc3nc(C)c(C)s3)cc(C)n2)C1. The Morgan fingerprint density at radius 1 is 1.19 bits per heavy atom. The van der Waals surface area contributed by atoms with E-state index in [2.05, 4.69) is 23.3 Å². The lowest BCUT2D eigenvalue weighted by Crippen LogP contribution is -2.29. The fraction of sp³-hybridized carbons (Fsp3) is 0.375. The Morgan fingerprint density at radius 3 is 2.71 bits per heavy atom. The molecule has 162 valence electrons. The van der Waals surface area contributed by atoms with Crippen molar-refractivity contribution in [3.05, 3.63) is 63.4 Å². The van der Waals surface area contributed by atoms with Crippen molar-refractivity contribution < 1.29 is 9.53 Å². The first-order valence-corrected chi connectivity index (χ1v) is 11.3. The third-order valence-electron chi connectivity index (χ3n) is 5.79. The maximum Gasteiger partial charge on any atom is 0.257 e. The van der Waals surface area contributed by atoms with Crippen molar-refractivity contribution in [2.75, 3.05) is 25.5 Å². The minimum atomic E-state index is 0.0165. The van der Waals surface area contributed by atoms with E-state index in [0.29, 0.717) is 24.4 Å². The van der Waals surface area contributed by atoms with E-state index in [-0.39, 0.29) is 11.8 Å². The lowest BCUT2D eigenvalue weighted by atomic mass is 10.0. The summed E-state index contributed by atoms with van der Waals surface area (Å²) in [6.07, 6.45) is 0.894. The monoisotopic (exact) mass is 436 g/mol. The number of benzene rings is 1. The number of anilines is 2. The molecule has 0 aliphatic carbocycles. The molecule has 1 aliphatic heterocycles. The highest BCUT2D eigenvalue weighted by molar-refractivity contribution is 7.15. The second kappa shape index (κ2) is 8.67. The summed E-state index contributed by atoms with van der Waals surface area (Å²) in [5, 5.41) is 4.31. The first-order valence-electron chi connectivity index (χ1n) is 10.5. The quantitative estimate of drug-likeness (QED) is 0.599. The number of amides is 1. The number of nitrogens with zero attached hydrogens (tertiary/aromatic N) is 3. The number of thiazole rings is 1. The molecule has 0 saturated carbocycles. The van der Waals surface area contributed by atoms with E-state index >= 15 is 0 Å². The molecule has 7 heteroatoms. The van der Waals surface area contributed by atoms with Crippen LogP contribution in [0.2, 0.25) is 0 Å². The number of aryl methyl sites for hydroxylation is 4. The highest BCUT2D eigenvalue weighted by Crippen LogP contribution is 2.32. The molecule has 0 radical (unpaired) electrons. The van der Waals surface area contributed by atoms with Crippen LogP contribution >= 0.6 is 11.3 Å². The van der Waals surface area contributed by atoms with Gasteiger partial charge in [-0.25, -0.2) is 4.98 Å². The Hall–Kier alpha value is -2.93. The van der Waals surface area contributed by atoms with Gasteiger partial charge in [0.2, 0.25) is 0 Å². The van der Waals surface area contributed by atoms with Crippen LogP contribution in [0.15, 0.2) is 30.3 Å². The van der Waals surface area contributed by atoms with Crippen molar-refractivity contribution in [1.82, 2.24) is 14.9 Å². The summed E-state index contributed by atoms with van der Waals surface area (Å²) in [5.74, 6) is 0.882. The van der Waals surface area contributed by atoms with Crippen LogP contribution in [0.25, 0.3) is 0 Å². The molecule has 1 aliphatic rings. The molecular weight excluding hydrogens is 408 g/mol. The highest BCUT2D eigenvalue weighted by atomic mass is 32.1. The summed E-state index contributed by atoms with van der Waals surface area (Å²) in [6, 6.07) is 9.82. The molecule has 1 saturated heterocycles. The number of carbonyl (C=O) groups is 1. The van der Waals surface area contributed by atoms with Crippen LogP contribution in [0.5, 0.6) is 5.75 Å². The molecule has 1 aromatic carbocycles. The Balaban J connectivity index is 1.52. The molecule has 3 aromatic rings. The third-order valence-corrected chi connectivity index (χ3v) is 6.78. The molecule has 31 heavy (non-hydrogen) atoms. The number of nitrogens with one attached hydrogen (secondary N) is 1. The number of hydrogen-bond acceptors (Lipinski definition) is 6. The zero-order chi connectivity index (χ0) is 22.1. The van der Waals surface area contributed by atoms with Crippen LogP contribution in [0.1, 0.15) is 50.2 Å². The van der Waals surface area contributed by atoms with E-state index in [1.807, 2.05) is 49.9 Å². The average Bonchev–Trinajstić information content (AvgIpc) is 3.34.